The molecule has 0 saturated heterocycles. The molecule has 212 valence electrons. The summed E-state index contributed by atoms with van der Waals surface area (Å²) < 4.78 is 14.0. The first-order valence-corrected chi connectivity index (χ1v) is 12.2. The number of carbonyl (C=O) groups is 5. The van der Waals surface area contributed by atoms with Crippen LogP contribution in [0, 0.1) is 5.92 Å². The third-order valence-corrected chi connectivity index (χ3v) is 4.72. The van der Waals surface area contributed by atoms with Crippen LogP contribution in [-0.4, -0.2) is 74.7 Å². The lowest BCUT2D eigenvalue weighted by atomic mass is 10.0. The van der Waals surface area contributed by atoms with Gasteiger partial charge in [-0.2, -0.15) is 0 Å². The van der Waals surface area contributed by atoms with Gasteiger partial charge in [0.25, 0.3) is 6.47 Å². The molecule has 4 N–H and O–H groups in total. The Hall–Kier alpha value is -4.09. The molecule has 1 atom stereocenters. The molecule has 1 rings (SSSR count). The second-order valence-electron chi connectivity index (χ2n) is 8.02. The van der Waals surface area contributed by atoms with E-state index in [1.165, 1.54) is 25.3 Å². The monoisotopic (exact) mass is 537 g/mol. The van der Waals surface area contributed by atoms with Crippen molar-refractivity contribution in [3.63, 3.8) is 0 Å². The average Bonchev–Trinajstić information content (AvgIpc) is 2.88. The van der Waals surface area contributed by atoms with Crippen LogP contribution in [0.2, 0.25) is 0 Å². The van der Waals surface area contributed by atoms with Gasteiger partial charge in [0.2, 0.25) is 17.7 Å². The summed E-state index contributed by atoms with van der Waals surface area (Å²) in [7, 11) is 1.42. The van der Waals surface area contributed by atoms with Crippen LogP contribution in [0.25, 0.3) is 6.08 Å². The van der Waals surface area contributed by atoms with E-state index >= 15 is 0 Å². The summed E-state index contributed by atoms with van der Waals surface area (Å²) in [4.78, 5) is 57.1. The minimum atomic E-state index is -0.781. The SMILES string of the molecule is CCOC(=O)CCCNC(=O)C(NC(=O)CNC(=O)/C=C/c1ccc(O)c(OC)c1)C(C)C.CCOC=O. The van der Waals surface area contributed by atoms with E-state index in [2.05, 4.69) is 20.7 Å². The number of aromatic hydroxyl groups is 1. The summed E-state index contributed by atoms with van der Waals surface area (Å²) in [5, 5.41) is 17.3. The highest BCUT2D eigenvalue weighted by Gasteiger charge is 2.23. The second-order valence-corrected chi connectivity index (χ2v) is 8.02. The molecule has 1 aromatic rings. The van der Waals surface area contributed by atoms with Crippen molar-refractivity contribution in [2.75, 3.05) is 33.4 Å². The Kier molecular flexibility index (Phi) is 17.9. The summed E-state index contributed by atoms with van der Waals surface area (Å²) in [5.74, 6) is -1.62. The highest BCUT2D eigenvalue weighted by molar-refractivity contribution is 5.95. The zero-order chi connectivity index (χ0) is 28.9. The Morgan fingerprint density at radius 2 is 1.79 bits per heavy atom. The molecule has 0 fully saturated rings. The molecule has 1 aromatic carbocycles. The number of benzene rings is 1. The molecule has 1 unspecified atom stereocenters. The van der Waals surface area contributed by atoms with Crippen molar-refractivity contribution < 1.29 is 43.3 Å². The summed E-state index contributed by atoms with van der Waals surface area (Å²) >= 11 is 0. The minimum Gasteiger partial charge on any atom is -0.504 e. The lowest BCUT2D eigenvalue weighted by Crippen LogP contribution is -2.52. The lowest BCUT2D eigenvalue weighted by Gasteiger charge is -2.21. The van der Waals surface area contributed by atoms with Crippen molar-refractivity contribution in [3.8, 4) is 11.5 Å². The standard InChI is InChI=1S/C23H33N3O7.C3H6O2/c1-5-33-21(30)7-6-12-24-23(31)22(15(2)3)26-20(29)14-25-19(28)11-9-16-8-10-17(27)18(13-16)32-4;1-2-5-3-4/h8-11,13,15,22,27H,5-7,12,14H2,1-4H3,(H,24,31)(H,25,28)(H,26,29);3H,2H2,1H3/b11-9+;. The molecule has 0 aromatic heterocycles. The Morgan fingerprint density at radius 3 is 2.34 bits per heavy atom. The minimum absolute atomic E-state index is 0.0153. The van der Waals surface area contributed by atoms with Gasteiger partial charge >= 0.3 is 5.97 Å². The van der Waals surface area contributed by atoms with Crippen molar-refractivity contribution in [3.05, 3.63) is 29.8 Å². The highest BCUT2D eigenvalue weighted by Crippen LogP contribution is 2.26. The number of nitrogens with one attached hydrogen (secondary N) is 3. The van der Waals surface area contributed by atoms with Crippen LogP contribution >= 0.6 is 0 Å². The number of ether oxygens (including phenoxy) is 3. The normalized spacial score (nSPS) is 11.0. The van der Waals surface area contributed by atoms with E-state index in [4.69, 9.17) is 9.47 Å². The van der Waals surface area contributed by atoms with E-state index in [1.807, 2.05) is 0 Å². The number of carbonyl (C=O) groups excluding carboxylic acids is 5. The van der Waals surface area contributed by atoms with Crippen molar-refractivity contribution in [1.29, 1.82) is 0 Å². The molecule has 0 aliphatic carbocycles. The third kappa shape index (κ3) is 15.1. The largest absolute Gasteiger partial charge is 0.504 e. The zero-order valence-corrected chi connectivity index (χ0v) is 22.6. The molecular weight excluding hydrogens is 498 g/mol. The molecule has 3 amide bonds. The lowest BCUT2D eigenvalue weighted by molar-refractivity contribution is -0.143. The fourth-order valence-corrected chi connectivity index (χ4v) is 2.81. The first-order valence-electron chi connectivity index (χ1n) is 12.2. The molecule has 12 heteroatoms. The molecule has 12 nitrogen and oxygen atoms in total. The van der Waals surface area contributed by atoms with E-state index in [1.54, 1.807) is 39.8 Å². The van der Waals surface area contributed by atoms with Crippen LogP contribution in [0.15, 0.2) is 24.3 Å². The highest BCUT2D eigenvalue weighted by atomic mass is 16.5. The van der Waals surface area contributed by atoms with E-state index in [9.17, 15) is 29.1 Å². The van der Waals surface area contributed by atoms with Crippen LogP contribution in [0.1, 0.15) is 46.1 Å². The van der Waals surface area contributed by atoms with Gasteiger partial charge in [0.1, 0.15) is 6.04 Å². The average molecular weight is 538 g/mol. The van der Waals surface area contributed by atoms with E-state index in [-0.39, 0.29) is 48.8 Å². The number of esters is 1. The molecule has 0 saturated carbocycles. The summed E-state index contributed by atoms with van der Waals surface area (Å²) in [6, 6.07) is 3.83. The van der Waals surface area contributed by atoms with Gasteiger partial charge in [-0.1, -0.05) is 19.9 Å². The van der Waals surface area contributed by atoms with Gasteiger partial charge in [-0.25, -0.2) is 0 Å². The van der Waals surface area contributed by atoms with Crippen LogP contribution in [-0.2, 0) is 33.4 Å². The number of hydrogen-bond donors (Lipinski definition) is 4. The predicted octanol–water partition coefficient (Wildman–Crippen LogP) is 1.31. The molecule has 0 bridgehead atoms. The van der Waals surface area contributed by atoms with E-state index in [0.717, 1.165) is 0 Å². The van der Waals surface area contributed by atoms with Gasteiger partial charge in [0.15, 0.2) is 11.5 Å². The topological polar surface area (TPSA) is 169 Å². The third-order valence-electron chi connectivity index (χ3n) is 4.72. The summed E-state index contributed by atoms with van der Waals surface area (Å²) in [6.45, 7) is 8.25. The molecule has 0 heterocycles. The molecule has 0 aliphatic rings. The maximum Gasteiger partial charge on any atom is 0.305 e. The number of rotatable bonds is 15. The maximum atomic E-state index is 12.4. The van der Waals surface area contributed by atoms with Crippen molar-refractivity contribution >= 4 is 36.2 Å². The van der Waals surface area contributed by atoms with Crippen LogP contribution in [0.4, 0.5) is 0 Å². The summed E-state index contributed by atoms with van der Waals surface area (Å²) in [6.07, 6.45) is 3.38. The number of phenolic OH excluding ortho intramolecular Hbond substituents is 1. The summed E-state index contributed by atoms with van der Waals surface area (Å²) in [5.41, 5.74) is 0.628. The Bertz CT molecular complexity index is 933. The molecular formula is C26H39N3O9. The van der Waals surface area contributed by atoms with Crippen LogP contribution in [0.3, 0.4) is 0 Å². The molecule has 0 radical (unpaired) electrons. The molecule has 0 spiro atoms. The number of hydrogen-bond acceptors (Lipinski definition) is 9. The fourth-order valence-electron chi connectivity index (χ4n) is 2.81. The fraction of sp³-hybridized carbons (Fsp3) is 0.500. The Morgan fingerprint density at radius 1 is 1.08 bits per heavy atom. The van der Waals surface area contributed by atoms with Gasteiger partial charge in [0.05, 0.1) is 26.9 Å². The van der Waals surface area contributed by atoms with Crippen LogP contribution in [0.5, 0.6) is 11.5 Å². The Balaban J connectivity index is 0.00000249. The number of amides is 3. The number of phenols is 1. The maximum absolute atomic E-state index is 12.4. The van der Waals surface area contributed by atoms with Gasteiger partial charge < -0.3 is 35.3 Å². The second kappa shape index (κ2) is 20.0. The first-order chi connectivity index (χ1) is 18.1. The van der Waals surface area contributed by atoms with Gasteiger partial charge in [0, 0.05) is 19.0 Å². The zero-order valence-electron chi connectivity index (χ0n) is 22.6. The quantitative estimate of drug-likeness (QED) is 0.111. The molecule has 38 heavy (non-hydrogen) atoms. The Labute approximate surface area is 223 Å². The first kappa shape index (κ1) is 33.9. The van der Waals surface area contributed by atoms with Gasteiger partial charge in [-0.05, 0) is 50.0 Å². The molecule has 0 aliphatic heterocycles. The van der Waals surface area contributed by atoms with Crippen molar-refractivity contribution in [1.82, 2.24) is 16.0 Å². The smallest absolute Gasteiger partial charge is 0.305 e. The van der Waals surface area contributed by atoms with Gasteiger partial charge in [-0.15, -0.1) is 0 Å². The van der Waals surface area contributed by atoms with Gasteiger partial charge in [-0.3, -0.25) is 24.0 Å². The van der Waals surface area contributed by atoms with E-state index in [0.29, 0.717) is 31.7 Å². The number of methoxy groups -OCH3 is 1. The van der Waals surface area contributed by atoms with Crippen molar-refractivity contribution in [2.45, 2.75) is 46.6 Å². The van der Waals surface area contributed by atoms with Crippen LogP contribution < -0.4 is 20.7 Å². The van der Waals surface area contributed by atoms with Crippen molar-refractivity contribution in [2.24, 2.45) is 5.92 Å². The van der Waals surface area contributed by atoms with E-state index < -0.39 is 17.9 Å². The predicted molar refractivity (Wildman–Crippen MR) is 140 cm³/mol.